The van der Waals surface area contributed by atoms with Gasteiger partial charge < -0.3 is 5.11 Å². The van der Waals surface area contributed by atoms with Crippen LogP contribution in [0.1, 0.15) is 18.1 Å². The van der Waals surface area contributed by atoms with E-state index in [1.165, 1.54) is 0 Å². The lowest BCUT2D eigenvalue weighted by Gasteiger charge is -2.32. The second-order valence-electron chi connectivity index (χ2n) is 4.90. The van der Waals surface area contributed by atoms with E-state index in [0.29, 0.717) is 22.1 Å². The molecule has 0 bridgehead atoms. The molecule has 0 saturated carbocycles. The molecule has 1 heterocycles. The number of hydrogen-bond donors (Lipinski definition) is 1. The average Bonchev–Trinajstić information content (AvgIpc) is 2.41. The molecule has 112 valence electrons. The molecule has 1 aliphatic rings. The zero-order valence-electron chi connectivity index (χ0n) is 11.5. The van der Waals surface area contributed by atoms with Crippen molar-refractivity contribution in [3.05, 3.63) is 27.7 Å². The third-order valence-electron chi connectivity index (χ3n) is 3.43. The fourth-order valence-corrected chi connectivity index (χ4v) is 6.05. The van der Waals surface area contributed by atoms with Crippen LogP contribution < -0.4 is 0 Å². The Morgan fingerprint density at radius 1 is 1.50 bits per heavy atom. The molecule has 1 aromatic rings. The molecule has 0 spiro atoms. The van der Waals surface area contributed by atoms with Gasteiger partial charge in [-0.3, -0.25) is 0 Å². The SMILES string of the molecule is Cc1c(Br)cc(CO)cc1S(=O)(=O)N1CCSCC1C. The largest absolute Gasteiger partial charge is 0.392 e. The summed E-state index contributed by atoms with van der Waals surface area (Å²) in [5.41, 5.74) is 1.28. The summed E-state index contributed by atoms with van der Waals surface area (Å²) in [7, 11) is -3.52. The molecule has 1 unspecified atom stereocenters. The molecule has 1 saturated heterocycles. The van der Waals surface area contributed by atoms with Crippen LogP contribution >= 0.6 is 27.7 Å². The third kappa shape index (κ3) is 3.06. The molecule has 0 radical (unpaired) electrons. The van der Waals surface area contributed by atoms with Gasteiger partial charge in [-0.1, -0.05) is 15.9 Å². The maximum atomic E-state index is 12.9. The Balaban J connectivity index is 2.51. The lowest BCUT2D eigenvalue weighted by Crippen LogP contribution is -2.44. The summed E-state index contributed by atoms with van der Waals surface area (Å²) in [5, 5.41) is 9.27. The standard InChI is InChI=1S/C13H18BrNO3S2/c1-9-8-19-4-3-15(9)20(17,18)13-6-11(7-16)5-12(14)10(13)2/h5-6,9,16H,3-4,7-8H2,1-2H3. The summed E-state index contributed by atoms with van der Waals surface area (Å²) in [6, 6.07) is 3.32. The molecule has 0 aliphatic carbocycles. The molecule has 0 amide bonds. The van der Waals surface area contributed by atoms with Crippen molar-refractivity contribution in [2.45, 2.75) is 31.4 Å². The Morgan fingerprint density at radius 3 is 2.80 bits per heavy atom. The van der Waals surface area contributed by atoms with Crippen LogP contribution in [0.2, 0.25) is 0 Å². The second kappa shape index (κ2) is 6.36. The summed E-state index contributed by atoms with van der Waals surface area (Å²) in [5.74, 6) is 1.64. The average molecular weight is 380 g/mol. The number of benzene rings is 1. The Kier molecular flexibility index (Phi) is 5.18. The van der Waals surface area contributed by atoms with Crippen molar-refractivity contribution in [2.24, 2.45) is 0 Å². The highest BCUT2D eigenvalue weighted by Crippen LogP contribution is 2.30. The quantitative estimate of drug-likeness (QED) is 0.875. The van der Waals surface area contributed by atoms with Crippen molar-refractivity contribution in [1.82, 2.24) is 4.31 Å². The summed E-state index contributed by atoms with van der Waals surface area (Å²) < 4.78 is 28.0. The van der Waals surface area contributed by atoms with Gasteiger partial charge in [0, 0.05) is 28.6 Å². The third-order valence-corrected chi connectivity index (χ3v) is 7.59. The number of rotatable bonds is 3. The molecule has 7 heteroatoms. The van der Waals surface area contributed by atoms with E-state index in [1.54, 1.807) is 35.1 Å². The minimum Gasteiger partial charge on any atom is -0.392 e. The van der Waals surface area contributed by atoms with Crippen LogP contribution in [-0.2, 0) is 16.6 Å². The molecule has 1 atom stereocenters. The predicted octanol–water partition coefficient (Wildman–Crippen LogP) is 2.38. The van der Waals surface area contributed by atoms with Crippen LogP contribution in [0, 0.1) is 6.92 Å². The van der Waals surface area contributed by atoms with Crippen LogP contribution in [0.3, 0.4) is 0 Å². The van der Waals surface area contributed by atoms with Crippen LogP contribution in [0.5, 0.6) is 0 Å². The zero-order valence-corrected chi connectivity index (χ0v) is 14.7. The van der Waals surface area contributed by atoms with Crippen molar-refractivity contribution in [3.63, 3.8) is 0 Å². The van der Waals surface area contributed by atoms with E-state index in [9.17, 15) is 13.5 Å². The van der Waals surface area contributed by atoms with Gasteiger partial charge in [0.15, 0.2) is 0 Å². The van der Waals surface area contributed by atoms with Crippen LogP contribution in [-0.4, -0.2) is 41.9 Å². The Labute approximate surface area is 132 Å². The van der Waals surface area contributed by atoms with Crippen molar-refractivity contribution in [2.75, 3.05) is 18.1 Å². The summed E-state index contributed by atoms with van der Waals surface area (Å²) in [4.78, 5) is 0.287. The topological polar surface area (TPSA) is 57.6 Å². The highest BCUT2D eigenvalue weighted by atomic mass is 79.9. The van der Waals surface area contributed by atoms with Gasteiger partial charge in [0.2, 0.25) is 10.0 Å². The molecule has 4 nitrogen and oxygen atoms in total. The molecule has 1 aromatic carbocycles. The highest BCUT2D eigenvalue weighted by molar-refractivity contribution is 9.10. The Morgan fingerprint density at radius 2 is 2.20 bits per heavy atom. The number of nitrogens with zero attached hydrogens (tertiary/aromatic N) is 1. The van der Waals surface area contributed by atoms with Crippen molar-refractivity contribution in [1.29, 1.82) is 0 Å². The van der Waals surface area contributed by atoms with Crippen molar-refractivity contribution < 1.29 is 13.5 Å². The fourth-order valence-electron chi connectivity index (χ4n) is 2.26. The first-order valence-electron chi connectivity index (χ1n) is 6.37. The maximum absolute atomic E-state index is 12.9. The van der Waals surface area contributed by atoms with Gasteiger partial charge in [0.1, 0.15) is 0 Å². The molecular weight excluding hydrogens is 362 g/mol. The summed E-state index contributed by atoms with van der Waals surface area (Å²) >= 11 is 5.15. The van der Waals surface area contributed by atoms with Gasteiger partial charge in [-0.15, -0.1) is 0 Å². The molecule has 0 aromatic heterocycles. The smallest absolute Gasteiger partial charge is 0.243 e. The number of thioether (sulfide) groups is 1. The molecular formula is C13H18BrNO3S2. The minimum atomic E-state index is -3.52. The van der Waals surface area contributed by atoms with Gasteiger partial charge in [-0.25, -0.2) is 8.42 Å². The van der Waals surface area contributed by atoms with E-state index < -0.39 is 10.0 Å². The number of halogens is 1. The number of sulfonamides is 1. The highest BCUT2D eigenvalue weighted by Gasteiger charge is 2.32. The first-order valence-corrected chi connectivity index (χ1v) is 9.76. The molecule has 2 rings (SSSR count). The second-order valence-corrected chi connectivity index (χ2v) is 8.76. The van der Waals surface area contributed by atoms with E-state index in [-0.39, 0.29) is 17.5 Å². The first-order chi connectivity index (χ1) is 9.37. The number of aliphatic hydroxyl groups excluding tert-OH is 1. The molecule has 1 aliphatic heterocycles. The van der Waals surface area contributed by atoms with Gasteiger partial charge in [0.05, 0.1) is 11.5 Å². The molecule has 20 heavy (non-hydrogen) atoms. The van der Waals surface area contributed by atoms with Gasteiger partial charge in [-0.2, -0.15) is 16.1 Å². The van der Waals surface area contributed by atoms with E-state index in [2.05, 4.69) is 15.9 Å². The van der Waals surface area contributed by atoms with Gasteiger partial charge in [-0.05, 0) is 37.1 Å². The van der Waals surface area contributed by atoms with Crippen molar-refractivity contribution in [3.8, 4) is 0 Å². The van der Waals surface area contributed by atoms with Crippen LogP contribution in [0.15, 0.2) is 21.5 Å². The van der Waals surface area contributed by atoms with Crippen molar-refractivity contribution >= 4 is 37.7 Å². The van der Waals surface area contributed by atoms with Gasteiger partial charge in [0.25, 0.3) is 0 Å². The van der Waals surface area contributed by atoms with E-state index >= 15 is 0 Å². The van der Waals surface area contributed by atoms with Gasteiger partial charge >= 0.3 is 0 Å². The number of hydrogen-bond acceptors (Lipinski definition) is 4. The zero-order chi connectivity index (χ0) is 14.9. The van der Waals surface area contributed by atoms with E-state index in [0.717, 1.165) is 11.5 Å². The molecule has 1 fully saturated rings. The van der Waals surface area contributed by atoms with Crippen LogP contribution in [0.25, 0.3) is 0 Å². The lowest BCUT2D eigenvalue weighted by atomic mass is 10.2. The fraction of sp³-hybridized carbons (Fsp3) is 0.538. The van der Waals surface area contributed by atoms with Crippen LogP contribution in [0.4, 0.5) is 0 Å². The predicted molar refractivity (Wildman–Crippen MR) is 85.5 cm³/mol. The Bertz CT molecular complexity index is 604. The molecule has 1 N–H and O–H groups in total. The summed E-state index contributed by atoms with van der Waals surface area (Å²) in [6.45, 7) is 4.08. The number of aliphatic hydroxyl groups is 1. The Hall–Kier alpha value is -0.0800. The maximum Gasteiger partial charge on any atom is 0.243 e. The lowest BCUT2D eigenvalue weighted by molar-refractivity contribution is 0.281. The normalized spacial score (nSPS) is 21.1. The summed E-state index contributed by atoms with van der Waals surface area (Å²) in [6.07, 6.45) is 0. The van der Waals surface area contributed by atoms with E-state index in [4.69, 9.17) is 0 Å². The minimum absolute atomic E-state index is 0.00490. The van der Waals surface area contributed by atoms with E-state index in [1.807, 2.05) is 6.92 Å². The first kappa shape index (κ1) is 16.3. The monoisotopic (exact) mass is 379 g/mol.